The molecule has 0 aliphatic carbocycles. The van der Waals surface area contributed by atoms with Gasteiger partial charge in [0.25, 0.3) is 5.91 Å². The largest absolute Gasteiger partial charge is 0.459 e. The van der Waals surface area contributed by atoms with E-state index >= 15 is 0 Å². The SMILES string of the molecule is CCNC(=NCc1ccc(NC(=O)c2ccco2)cc1)NCc1ccc(C(F)(F)F)cc1.I. The monoisotopic (exact) mass is 572 g/mol. The summed E-state index contributed by atoms with van der Waals surface area (Å²) in [5.74, 6) is 0.443. The van der Waals surface area contributed by atoms with Crippen molar-refractivity contribution < 1.29 is 22.4 Å². The van der Waals surface area contributed by atoms with Crippen molar-refractivity contribution in [3.8, 4) is 0 Å². The summed E-state index contributed by atoms with van der Waals surface area (Å²) in [7, 11) is 0. The number of benzene rings is 2. The van der Waals surface area contributed by atoms with Gasteiger partial charge in [0.15, 0.2) is 11.7 Å². The number of nitrogens with zero attached hydrogens (tertiary/aromatic N) is 1. The van der Waals surface area contributed by atoms with E-state index < -0.39 is 11.7 Å². The lowest BCUT2D eigenvalue weighted by molar-refractivity contribution is -0.137. The lowest BCUT2D eigenvalue weighted by Gasteiger charge is -2.12. The summed E-state index contributed by atoms with van der Waals surface area (Å²) < 4.78 is 43.1. The van der Waals surface area contributed by atoms with E-state index in [4.69, 9.17) is 4.42 Å². The quantitative estimate of drug-likeness (QED) is 0.201. The van der Waals surface area contributed by atoms with Gasteiger partial charge in [-0.25, -0.2) is 4.99 Å². The number of amides is 1. The van der Waals surface area contributed by atoms with Gasteiger partial charge in [-0.2, -0.15) is 13.2 Å². The number of rotatable bonds is 7. The standard InChI is InChI=1S/C23H23F3N4O2.HI/c1-2-27-22(28-14-16-5-9-18(10-6-16)23(24,25)26)29-15-17-7-11-19(12-8-17)30-21(31)20-4-3-13-32-20;/h3-13H,2,14-15H2,1H3,(H,30,31)(H2,27,28,29);1H. The van der Waals surface area contributed by atoms with Crippen LogP contribution in [0, 0.1) is 0 Å². The number of nitrogens with one attached hydrogen (secondary N) is 3. The van der Waals surface area contributed by atoms with Gasteiger partial charge in [0.2, 0.25) is 0 Å². The van der Waals surface area contributed by atoms with Crippen LogP contribution in [0.5, 0.6) is 0 Å². The van der Waals surface area contributed by atoms with Crippen molar-refractivity contribution in [1.29, 1.82) is 0 Å². The fourth-order valence-corrected chi connectivity index (χ4v) is 2.80. The molecule has 0 atom stereocenters. The molecule has 0 radical (unpaired) electrons. The molecule has 0 bridgehead atoms. The second-order valence-electron chi connectivity index (χ2n) is 6.87. The molecule has 1 heterocycles. The number of anilines is 1. The van der Waals surface area contributed by atoms with E-state index in [-0.39, 0.29) is 35.6 Å². The summed E-state index contributed by atoms with van der Waals surface area (Å²) in [6.07, 6.45) is -2.91. The molecular formula is C23H24F3IN4O2. The van der Waals surface area contributed by atoms with Gasteiger partial charge in [-0.3, -0.25) is 4.79 Å². The Kier molecular flexibility index (Phi) is 9.76. The van der Waals surface area contributed by atoms with Crippen LogP contribution in [0.15, 0.2) is 76.3 Å². The zero-order valence-electron chi connectivity index (χ0n) is 17.8. The van der Waals surface area contributed by atoms with Crippen LogP contribution in [-0.2, 0) is 19.3 Å². The number of furan rings is 1. The lowest BCUT2D eigenvalue weighted by Crippen LogP contribution is -2.36. The first-order valence-electron chi connectivity index (χ1n) is 9.97. The van der Waals surface area contributed by atoms with Crippen LogP contribution in [0.2, 0.25) is 0 Å². The molecule has 6 nitrogen and oxygen atoms in total. The molecule has 1 amide bonds. The molecule has 3 N–H and O–H groups in total. The Hall–Kier alpha value is -3.02. The topological polar surface area (TPSA) is 78.7 Å². The van der Waals surface area contributed by atoms with Crippen LogP contribution in [0.1, 0.15) is 34.2 Å². The molecule has 0 aliphatic heterocycles. The highest BCUT2D eigenvalue weighted by Crippen LogP contribution is 2.29. The summed E-state index contributed by atoms with van der Waals surface area (Å²) in [5.41, 5.74) is 1.59. The van der Waals surface area contributed by atoms with Gasteiger partial charge in [0, 0.05) is 18.8 Å². The second-order valence-corrected chi connectivity index (χ2v) is 6.87. The Morgan fingerprint density at radius 1 is 0.970 bits per heavy atom. The van der Waals surface area contributed by atoms with Crippen LogP contribution >= 0.6 is 24.0 Å². The van der Waals surface area contributed by atoms with Gasteiger partial charge < -0.3 is 20.4 Å². The highest BCUT2D eigenvalue weighted by molar-refractivity contribution is 14.0. The normalized spacial score (nSPS) is 11.5. The average molecular weight is 572 g/mol. The van der Waals surface area contributed by atoms with Crippen LogP contribution < -0.4 is 16.0 Å². The first-order valence-corrected chi connectivity index (χ1v) is 9.97. The molecule has 1 aromatic heterocycles. The number of halogens is 4. The number of aliphatic imine (C=N–C) groups is 1. The van der Waals surface area contributed by atoms with Gasteiger partial charge in [0.1, 0.15) is 0 Å². The van der Waals surface area contributed by atoms with Gasteiger partial charge in [-0.05, 0) is 54.4 Å². The maximum atomic E-state index is 12.7. The summed E-state index contributed by atoms with van der Waals surface area (Å²) >= 11 is 0. The Balaban J connectivity index is 0.00000385. The molecule has 0 aliphatic rings. The molecule has 0 spiro atoms. The first-order chi connectivity index (χ1) is 15.3. The molecule has 33 heavy (non-hydrogen) atoms. The number of carbonyl (C=O) groups is 1. The minimum atomic E-state index is -4.35. The van der Waals surface area contributed by atoms with E-state index in [0.29, 0.717) is 36.8 Å². The Bertz CT molecular complexity index is 1040. The average Bonchev–Trinajstić information content (AvgIpc) is 3.31. The summed E-state index contributed by atoms with van der Waals surface area (Å²) in [5, 5.41) is 8.96. The van der Waals surface area contributed by atoms with Crippen molar-refractivity contribution in [2.75, 3.05) is 11.9 Å². The first kappa shape index (κ1) is 26.2. The third kappa shape index (κ3) is 8.12. The van der Waals surface area contributed by atoms with E-state index in [2.05, 4.69) is 20.9 Å². The predicted molar refractivity (Wildman–Crippen MR) is 132 cm³/mol. The maximum absolute atomic E-state index is 12.7. The van der Waals surface area contributed by atoms with Gasteiger partial charge in [0.05, 0.1) is 18.4 Å². The Labute approximate surface area is 206 Å². The van der Waals surface area contributed by atoms with Crippen molar-refractivity contribution in [1.82, 2.24) is 10.6 Å². The summed E-state index contributed by atoms with van der Waals surface area (Å²) in [4.78, 5) is 16.5. The van der Waals surface area contributed by atoms with E-state index in [1.54, 1.807) is 24.3 Å². The Morgan fingerprint density at radius 2 is 1.64 bits per heavy atom. The van der Waals surface area contributed by atoms with Crippen LogP contribution in [0.25, 0.3) is 0 Å². The van der Waals surface area contributed by atoms with Gasteiger partial charge in [-0.1, -0.05) is 24.3 Å². The maximum Gasteiger partial charge on any atom is 0.416 e. The van der Waals surface area contributed by atoms with E-state index in [9.17, 15) is 18.0 Å². The summed E-state index contributed by atoms with van der Waals surface area (Å²) in [6, 6.07) is 15.5. The smallest absolute Gasteiger partial charge is 0.416 e. The number of hydrogen-bond donors (Lipinski definition) is 3. The molecular weight excluding hydrogens is 548 g/mol. The molecule has 0 fully saturated rings. The zero-order chi connectivity index (χ0) is 23.0. The minimum absolute atomic E-state index is 0. The van der Waals surface area contributed by atoms with Crippen molar-refractivity contribution in [3.05, 3.63) is 89.4 Å². The molecule has 0 saturated carbocycles. The van der Waals surface area contributed by atoms with E-state index in [0.717, 1.165) is 17.7 Å². The number of carbonyl (C=O) groups excluding carboxylic acids is 1. The number of guanidine groups is 1. The third-order valence-electron chi connectivity index (χ3n) is 4.46. The Morgan fingerprint density at radius 3 is 2.21 bits per heavy atom. The van der Waals surface area contributed by atoms with Crippen molar-refractivity contribution >= 4 is 41.5 Å². The molecule has 0 unspecified atom stereocenters. The van der Waals surface area contributed by atoms with Crippen LogP contribution in [-0.4, -0.2) is 18.4 Å². The predicted octanol–water partition coefficient (Wildman–Crippen LogP) is 5.42. The zero-order valence-corrected chi connectivity index (χ0v) is 20.1. The lowest BCUT2D eigenvalue weighted by atomic mass is 10.1. The molecule has 0 saturated heterocycles. The van der Waals surface area contributed by atoms with Gasteiger partial charge in [-0.15, -0.1) is 24.0 Å². The summed E-state index contributed by atoms with van der Waals surface area (Å²) in [6.45, 7) is 3.28. The molecule has 3 rings (SSSR count). The van der Waals surface area contributed by atoms with E-state index in [1.165, 1.54) is 18.4 Å². The van der Waals surface area contributed by atoms with E-state index in [1.807, 2.05) is 19.1 Å². The van der Waals surface area contributed by atoms with Crippen molar-refractivity contribution in [2.24, 2.45) is 4.99 Å². The molecule has 2 aromatic carbocycles. The molecule has 3 aromatic rings. The minimum Gasteiger partial charge on any atom is -0.459 e. The highest BCUT2D eigenvalue weighted by atomic mass is 127. The highest BCUT2D eigenvalue weighted by Gasteiger charge is 2.29. The fraction of sp³-hybridized carbons (Fsp3) is 0.217. The van der Waals surface area contributed by atoms with Crippen LogP contribution in [0.4, 0.5) is 18.9 Å². The third-order valence-corrected chi connectivity index (χ3v) is 4.46. The molecule has 10 heteroatoms. The van der Waals surface area contributed by atoms with Crippen molar-refractivity contribution in [3.63, 3.8) is 0 Å². The number of alkyl halides is 3. The van der Waals surface area contributed by atoms with Gasteiger partial charge >= 0.3 is 6.18 Å². The fourth-order valence-electron chi connectivity index (χ4n) is 2.80. The number of hydrogen-bond acceptors (Lipinski definition) is 3. The molecule has 176 valence electrons. The van der Waals surface area contributed by atoms with Crippen LogP contribution in [0.3, 0.4) is 0 Å². The second kappa shape index (κ2) is 12.3. The van der Waals surface area contributed by atoms with Crippen molar-refractivity contribution in [2.45, 2.75) is 26.2 Å².